The fraction of sp³-hybridized carbons (Fsp3) is 0.667. The lowest BCUT2D eigenvalue weighted by Gasteiger charge is -2.43. The van der Waals surface area contributed by atoms with E-state index in [4.69, 9.17) is 4.43 Å². The molecule has 4 nitrogen and oxygen atoms in total. The molecule has 2 unspecified atom stereocenters. The van der Waals surface area contributed by atoms with Crippen LogP contribution in [0.3, 0.4) is 0 Å². The Bertz CT molecular complexity index is 892. The van der Waals surface area contributed by atoms with Crippen LogP contribution in [-0.2, 0) is 17.5 Å². The van der Waals surface area contributed by atoms with Crippen LogP contribution in [0.4, 0.5) is 13.2 Å². The smallest absolute Gasteiger partial charge is 0.416 e. The zero-order valence-corrected chi connectivity index (χ0v) is 23.4. The fourth-order valence-corrected chi connectivity index (χ4v) is 11.3. The summed E-state index contributed by atoms with van der Waals surface area (Å²) in [4.78, 5) is 14.8. The predicted octanol–water partition coefficient (Wildman–Crippen LogP) is 7.53. The predicted molar refractivity (Wildman–Crippen MR) is 136 cm³/mol. The Morgan fingerprint density at radius 3 is 2.11 bits per heavy atom. The van der Waals surface area contributed by atoms with E-state index in [1.807, 2.05) is 13.8 Å². The maximum atomic E-state index is 13.6. The Balaban J connectivity index is 2.60. The van der Waals surface area contributed by atoms with Crippen molar-refractivity contribution in [2.45, 2.75) is 104 Å². The molecule has 1 heterocycles. The van der Waals surface area contributed by atoms with Crippen molar-refractivity contribution < 1.29 is 27.5 Å². The summed E-state index contributed by atoms with van der Waals surface area (Å²) in [6.07, 6.45) is -3.34. The van der Waals surface area contributed by atoms with Gasteiger partial charge >= 0.3 is 6.18 Å². The van der Waals surface area contributed by atoms with Gasteiger partial charge < -0.3 is 14.4 Å². The molecule has 1 aromatic carbocycles. The van der Waals surface area contributed by atoms with Crippen LogP contribution in [0.2, 0.25) is 16.6 Å². The first-order valence-corrected chi connectivity index (χ1v) is 14.7. The van der Waals surface area contributed by atoms with Crippen LogP contribution in [-0.4, -0.2) is 30.5 Å². The highest BCUT2D eigenvalue weighted by Crippen LogP contribution is 2.47. The van der Waals surface area contributed by atoms with E-state index in [2.05, 4.69) is 48.1 Å². The topological polar surface area (TPSA) is 49.8 Å². The molecule has 1 amide bonds. The molecule has 1 aromatic rings. The number of allylic oxidation sites excluding steroid dienone is 1. The number of halogens is 3. The highest BCUT2D eigenvalue weighted by molar-refractivity contribution is 6.78. The van der Waals surface area contributed by atoms with Gasteiger partial charge in [-0.1, -0.05) is 61.5 Å². The molecular formula is C27H42F3NO3Si. The number of hydrogen-bond donors (Lipinski definition) is 1. The largest absolute Gasteiger partial charge is 0.542 e. The van der Waals surface area contributed by atoms with E-state index in [0.29, 0.717) is 12.2 Å². The quantitative estimate of drug-likeness (QED) is 0.260. The Labute approximate surface area is 209 Å². The first kappa shape index (κ1) is 29.4. The van der Waals surface area contributed by atoms with E-state index >= 15 is 0 Å². The molecule has 0 aromatic heterocycles. The van der Waals surface area contributed by atoms with E-state index in [9.17, 15) is 23.1 Å². The summed E-state index contributed by atoms with van der Waals surface area (Å²) in [6.45, 7) is 20.1. The van der Waals surface area contributed by atoms with Crippen molar-refractivity contribution in [2.24, 2.45) is 11.3 Å². The normalized spacial score (nSPS) is 21.7. The number of carbonyl (C=O) groups is 1. The third kappa shape index (κ3) is 5.48. The van der Waals surface area contributed by atoms with Crippen molar-refractivity contribution in [1.82, 2.24) is 4.90 Å². The zero-order chi connectivity index (χ0) is 26.9. The van der Waals surface area contributed by atoms with E-state index in [0.717, 1.165) is 12.1 Å². The minimum absolute atomic E-state index is 0.0623. The van der Waals surface area contributed by atoms with Gasteiger partial charge in [-0.15, -0.1) is 6.58 Å². The van der Waals surface area contributed by atoms with Crippen molar-refractivity contribution in [2.75, 3.05) is 0 Å². The van der Waals surface area contributed by atoms with Gasteiger partial charge in [0.05, 0.1) is 17.5 Å². The summed E-state index contributed by atoms with van der Waals surface area (Å²) in [5.74, 6) is 0.0441. The molecule has 0 bridgehead atoms. The van der Waals surface area contributed by atoms with Crippen LogP contribution >= 0.6 is 0 Å². The number of benzene rings is 1. The van der Waals surface area contributed by atoms with Crippen molar-refractivity contribution in [3.63, 3.8) is 0 Å². The number of amides is 1. The van der Waals surface area contributed by atoms with E-state index in [1.165, 1.54) is 11.0 Å². The first-order valence-electron chi connectivity index (χ1n) is 12.5. The molecular weight excluding hydrogens is 471 g/mol. The molecule has 1 aliphatic heterocycles. The van der Waals surface area contributed by atoms with E-state index < -0.39 is 31.7 Å². The molecule has 2 rings (SSSR count). The lowest BCUT2D eigenvalue weighted by atomic mass is 9.73. The van der Waals surface area contributed by atoms with Crippen LogP contribution in [0.15, 0.2) is 30.9 Å². The second kappa shape index (κ2) is 10.7. The van der Waals surface area contributed by atoms with Gasteiger partial charge in [0.15, 0.2) is 0 Å². The summed E-state index contributed by atoms with van der Waals surface area (Å²) in [5, 5.41) is 10.9. The molecule has 198 valence electrons. The molecule has 1 saturated heterocycles. The molecule has 1 N–H and O–H groups in total. The summed E-state index contributed by atoms with van der Waals surface area (Å²) in [7, 11) is -2.47. The van der Waals surface area contributed by atoms with Gasteiger partial charge in [0.1, 0.15) is 12.0 Å². The summed E-state index contributed by atoms with van der Waals surface area (Å²) in [6, 6.07) is 3.50. The Morgan fingerprint density at radius 2 is 1.69 bits per heavy atom. The standard InChI is InChI=1S/C27H42F3NO3Si/c1-10-13-26(17(2)3)15-24(32)31(25(26)33)16-21-14-22(27(28,29)30)11-12-23(21)34-35(18(4)5,19(6)7)20(8)9/h10-12,14,17-20,24,32H,1,13,15-16H2,2-9H3. The number of alkyl halides is 3. The first-order chi connectivity index (χ1) is 16.0. The van der Waals surface area contributed by atoms with Crippen molar-refractivity contribution in [3.8, 4) is 5.75 Å². The van der Waals surface area contributed by atoms with E-state index in [-0.39, 0.29) is 47.0 Å². The lowest BCUT2D eigenvalue weighted by molar-refractivity contribution is -0.141. The highest BCUT2D eigenvalue weighted by Gasteiger charge is 2.53. The summed E-state index contributed by atoms with van der Waals surface area (Å²) < 4.78 is 47.7. The number of aliphatic hydroxyl groups is 1. The number of likely N-dealkylation sites (tertiary alicyclic amines) is 1. The van der Waals surface area contributed by atoms with Crippen LogP contribution in [0.1, 0.15) is 79.4 Å². The van der Waals surface area contributed by atoms with Gasteiger partial charge in [0.2, 0.25) is 5.91 Å². The maximum Gasteiger partial charge on any atom is 0.416 e. The Morgan fingerprint density at radius 1 is 1.14 bits per heavy atom. The number of nitrogens with zero attached hydrogens (tertiary/aromatic N) is 1. The molecule has 0 saturated carbocycles. The average molecular weight is 514 g/mol. The second-order valence-corrected chi connectivity index (χ2v) is 16.5. The third-order valence-electron chi connectivity index (χ3n) is 7.93. The van der Waals surface area contributed by atoms with Crippen LogP contribution in [0.25, 0.3) is 0 Å². The van der Waals surface area contributed by atoms with Crippen molar-refractivity contribution >= 4 is 14.2 Å². The molecule has 1 fully saturated rings. The molecule has 0 radical (unpaired) electrons. The molecule has 8 heteroatoms. The van der Waals surface area contributed by atoms with Crippen molar-refractivity contribution in [1.29, 1.82) is 0 Å². The van der Waals surface area contributed by atoms with Gasteiger partial charge in [-0.2, -0.15) is 13.2 Å². The van der Waals surface area contributed by atoms with Gasteiger partial charge in [-0.05, 0) is 47.2 Å². The highest BCUT2D eigenvalue weighted by atomic mass is 28.4. The SMILES string of the molecule is C=CCC1(C(C)C)CC(O)N(Cc2cc(C(F)(F)F)ccc2O[Si](C(C)C)(C(C)C)C(C)C)C1=O. The zero-order valence-electron chi connectivity index (χ0n) is 22.4. The number of hydrogen-bond acceptors (Lipinski definition) is 3. The second-order valence-electron chi connectivity index (χ2n) is 11.2. The van der Waals surface area contributed by atoms with Crippen molar-refractivity contribution in [3.05, 3.63) is 42.0 Å². The van der Waals surface area contributed by atoms with Crippen LogP contribution in [0.5, 0.6) is 5.75 Å². The van der Waals surface area contributed by atoms with Crippen LogP contribution in [0, 0.1) is 11.3 Å². The maximum absolute atomic E-state index is 13.6. The molecule has 35 heavy (non-hydrogen) atoms. The molecule has 2 atom stereocenters. The monoisotopic (exact) mass is 513 g/mol. The molecule has 0 spiro atoms. The summed E-state index contributed by atoms with van der Waals surface area (Å²) >= 11 is 0. The van der Waals surface area contributed by atoms with E-state index in [1.54, 1.807) is 6.08 Å². The van der Waals surface area contributed by atoms with Gasteiger partial charge in [-0.3, -0.25) is 4.79 Å². The number of aliphatic hydroxyl groups excluding tert-OH is 1. The van der Waals surface area contributed by atoms with Gasteiger partial charge in [-0.25, -0.2) is 0 Å². The minimum atomic E-state index is -4.53. The Kier molecular flexibility index (Phi) is 8.97. The third-order valence-corrected chi connectivity index (χ3v) is 13.9. The molecule has 1 aliphatic rings. The number of rotatable bonds is 10. The van der Waals surface area contributed by atoms with Gasteiger partial charge in [0.25, 0.3) is 8.32 Å². The van der Waals surface area contributed by atoms with Crippen LogP contribution < -0.4 is 4.43 Å². The lowest BCUT2D eigenvalue weighted by Crippen LogP contribution is -2.51. The Hall–Kier alpha value is -1.80. The minimum Gasteiger partial charge on any atom is -0.542 e. The fourth-order valence-electron chi connectivity index (χ4n) is 5.97. The average Bonchev–Trinajstić information content (AvgIpc) is 2.96. The molecule has 0 aliphatic carbocycles. The number of carbonyl (C=O) groups excluding carboxylic acids is 1. The summed E-state index contributed by atoms with van der Waals surface area (Å²) in [5.41, 5.74) is -0.693. The van der Waals surface area contributed by atoms with Gasteiger partial charge in [0, 0.05) is 12.0 Å².